The number of amides is 1. The van der Waals surface area contributed by atoms with E-state index in [1.54, 1.807) is 17.0 Å². The lowest BCUT2D eigenvalue weighted by Gasteiger charge is -2.40. The first-order valence-electron chi connectivity index (χ1n) is 9.71. The van der Waals surface area contributed by atoms with Crippen LogP contribution in [0.5, 0.6) is 5.75 Å². The fourth-order valence-corrected chi connectivity index (χ4v) is 4.62. The van der Waals surface area contributed by atoms with Crippen LogP contribution >= 0.6 is 0 Å². The first-order chi connectivity index (χ1) is 12.6. The number of nitrogens with zero attached hydrogens (tertiary/aromatic N) is 1. The third-order valence-electron chi connectivity index (χ3n) is 6.10. The second-order valence-corrected chi connectivity index (χ2v) is 7.71. The molecule has 1 amide bonds. The molecular formula is C20H27FN2O3. The minimum absolute atomic E-state index is 0.0705. The molecule has 0 radical (unpaired) electrons. The number of hydrogen-bond donors (Lipinski definition) is 1. The quantitative estimate of drug-likeness (QED) is 0.770. The summed E-state index contributed by atoms with van der Waals surface area (Å²) in [7, 11) is 0. The molecule has 2 bridgehead atoms. The largest absolute Gasteiger partial charge is 0.483 e. The molecule has 5 nitrogen and oxygen atoms in total. The monoisotopic (exact) mass is 362 g/mol. The Hall–Kier alpha value is -1.66. The van der Waals surface area contributed by atoms with Crippen LogP contribution in [-0.4, -0.2) is 48.8 Å². The van der Waals surface area contributed by atoms with Crippen LogP contribution in [0.25, 0.3) is 0 Å². The lowest BCUT2D eigenvalue weighted by molar-refractivity contribution is -0.140. The molecule has 3 aliphatic heterocycles. The van der Waals surface area contributed by atoms with Gasteiger partial charge in [-0.15, -0.1) is 0 Å². The predicted molar refractivity (Wildman–Crippen MR) is 95.6 cm³/mol. The van der Waals surface area contributed by atoms with E-state index in [0.717, 1.165) is 38.5 Å². The molecule has 3 heterocycles. The van der Waals surface area contributed by atoms with E-state index in [4.69, 9.17) is 15.2 Å². The van der Waals surface area contributed by atoms with E-state index in [-0.39, 0.29) is 42.4 Å². The van der Waals surface area contributed by atoms with Gasteiger partial charge in [-0.2, -0.15) is 0 Å². The first-order valence-corrected chi connectivity index (χ1v) is 9.71. The lowest BCUT2D eigenvalue weighted by atomic mass is 9.82. The summed E-state index contributed by atoms with van der Waals surface area (Å²) in [6.45, 7) is 1.06. The van der Waals surface area contributed by atoms with Crippen molar-refractivity contribution in [2.45, 2.75) is 62.6 Å². The molecule has 142 valence electrons. The maximum atomic E-state index is 14.5. The Morgan fingerprint density at radius 2 is 1.96 bits per heavy atom. The van der Waals surface area contributed by atoms with E-state index in [1.807, 2.05) is 0 Å². The summed E-state index contributed by atoms with van der Waals surface area (Å²) in [4.78, 5) is 14.6. The standard InChI is InChI=1S/C20H27FN2O3/c21-15-3-1-5-18-20(15)13-6-8-14(9-7-13)25-11-17-16(22)4-2-10-23(17)19(24)12-26-18/h1,3,5,13-14,16-17H,2,4,6-12,22H2. The summed E-state index contributed by atoms with van der Waals surface area (Å²) in [5, 5.41) is 0. The highest BCUT2D eigenvalue weighted by Gasteiger charge is 2.35. The maximum Gasteiger partial charge on any atom is 0.260 e. The number of carbonyl (C=O) groups excluding carboxylic acids is 1. The van der Waals surface area contributed by atoms with Crippen molar-refractivity contribution in [3.63, 3.8) is 0 Å². The van der Waals surface area contributed by atoms with Crippen molar-refractivity contribution in [3.05, 3.63) is 29.6 Å². The van der Waals surface area contributed by atoms with Gasteiger partial charge in [-0.05, 0) is 56.6 Å². The second kappa shape index (κ2) is 7.53. The third-order valence-corrected chi connectivity index (χ3v) is 6.10. The number of hydrogen-bond acceptors (Lipinski definition) is 4. The normalized spacial score (nSPS) is 32.5. The minimum Gasteiger partial charge on any atom is -0.483 e. The van der Waals surface area contributed by atoms with Crippen molar-refractivity contribution >= 4 is 5.91 Å². The molecule has 1 aromatic carbocycles. The molecule has 1 saturated carbocycles. The highest BCUT2D eigenvalue weighted by Crippen LogP contribution is 2.40. The van der Waals surface area contributed by atoms with E-state index in [9.17, 15) is 9.18 Å². The van der Waals surface area contributed by atoms with Gasteiger partial charge in [0.25, 0.3) is 5.91 Å². The van der Waals surface area contributed by atoms with Crippen LogP contribution in [0, 0.1) is 5.82 Å². The molecule has 1 aliphatic carbocycles. The Morgan fingerprint density at radius 1 is 1.15 bits per heavy atom. The van der Waals surface area contributed by atoms with Crippen molar-refractivity contribution in [2.75, 3.05) is 19.8 Å². The van der Waals surface area contributed by atoms with Crippen LogP contribution in [-0.2, 0) is 9.53 Å². The Kier molecular flexibility index (Phi) is 5.14. The van der Waals surface area contributed by atoms with E-state index in [1.165, 1.54) is 6.07 Å². The van der Waals surface area contributed by atoms with Gasteiger partial charge in [0.05, 0.1) is 18.8 Å². The zero-order chi connectivity index (χ0) is 18.1. The number of benzene rings is 1. The minimum atomic E-state index is -0.243. The SMILES string of the molecule is NC1CCCN2C(=O)COc3cccc(F)c3C3CCC(CC3)OCC12. The fourth-order valence-electron chi connectivity index (χ4n) is 4.62. The average molecular weight is 362 g/mol. The Morgan fingerprint density at radius 3 is 2.77 bits per heavy atom. The highest BCUT2D eigenvalue weighted by molar-refractivity contribution is 5.78. The van der Waals surface area contributed by atoms with Gasteiger partial charge < -0.3 is 20.1 Å². The van der Waals surface area contributed by atoms with Gasteiger partial charge in [0.1, 0.15) is 11.6 Å². The van der Waals surface area contributed by atoms with E-state index in [0.29, 0.717) is 24.5 Å². The van der Waals surface area contributed by atoms with E-state index in [2.05, 4.69) is 0 Å². The molecular weight excluding hydrogens is 335 g/mol. The van der Waals surface area contributed by atoms with Crippen molar-refractivity contribution in [2.24, 2.45) is 5.73 Å². The number of carbonyl (C=O) groups is 1. The molecule has 2 N–H and O–H groups in total. The second-order valence-electron chi connectivity index (χ2n) is 7.71. The van der Waals surface area contributed by atoms with Crippen LogP contribution in [0.4, 0.5) is 4.39 Å². The molecule has 1 saturated heterocycles. The third kappa shape index (κ3) is 3.45. The lowest BCUT2D eigenvalue weighted by Crippen LogP contribution is -2.57. The zero-order valence-corrected chi connectivity index (χ0v) is 15.0. The van der Waals surface area contributed by atoms with E-state index < -0.39 is 0 Å². The average Bonchev–Trinajstić information content (AvgIpc) is 2.66. The molecule has 2 atom stereocenters. The van der Waals surface area contributed by atoms with Crippen molar-refractivity contribution in [3.8, 4) is 5.75 Å². The molecule has 0 spiro atoms. The van der Waals surface area contributed by atoms with Gasteiger partial charge in [-0.25, -0.2) is 4.39 Å². The molecule has 6 heteroatoms. The van der Waals surface area contributed by atoms with Gasteiger partial charge in [-0.1, -0.05) is 6.07 Å². The van der Waals surface area contributed by atoms with Crippen molar-refractivity contribution in [1.82, 2.24) is 4.90 Å². The predicted octanol–water partition coefficient (Wildman–Crippen LogP) is 2.58. The summed E-state index contributed by atoms with van der Waals surface area (Å²) in [5.41, 5.74) is 6.91. The number of fused-ring (bicyclic) bond motifs is 5. The first kappa shape index (κ1) is 17.7. The Bertz CT molecular complexity index is 660. The number of piperidine rings is 1. The topological polar surface area (TPSA) is 64.8 Å². The summed E-state index contributed by atoms with van der Waals surface area (Å²) in [5.74, 6) is 0.272. The fraction of sp³-hybridized carbons (Fsp3) is 0.650. The summed E-state index contributed by atoms with van der Waals surface area (Å²) in [6.07, 6.45) is 5.49. The van der Waals surface area contributed by atoms with Crippen LogP contribution < -0.4 is 10.5 Å². The van der Waals surface area contributed by atoms with Crippen LogP contribution in [0.3, 0.4) is 0 Å². The van der Waals surface area contributed by atoms with Crippen LogP contribution in [0.15, 0.2) is 18.2 Å². The van der Waals surface area contributed by atoms with Gasteiger partial charge in [0.15, 0.2) is 6.61 Å². The molecule has 2 unspecified atom stereocenters. The summed E-state index contributed by atoms with van der Waals surface area (Å²) < 4.78 is 26.5. The maximum absolute atomic E-state index is 14.5. The number of rotatable bonds is 0. The van der Waals surface area contributed by atoms with Crippen molar-refractivity contribution < 1.29 is 18.7 Å². The summed E-state index contributed by atoms with van der Waals surface area (Å²) >= 11 is 0. The van der Waals surface area contributed by atoms with Crippen LogP contribution in [0.1, 0.15) is 50.0 Å². The molecule has 0 aromatic heterocycles. The molecule has 26 heavy (non-hydrogen) atoms. The Labute approximate surface area is 153 Å². The van der Waals surface area contributed by atoms with Gasteiger partial charge in [0.2, 0.25) is 0 Å². The van der Waals surface area contributed by atoms with Gasteiger partial charge >= 0.3 is 0 Å². The highest BCUT2D eigenvalue weighted by atomic mass is 19.1. The molecule has 1 aromatic rings. The molecule has 4 aliphatic rings. The van der Waals surface area contributed by atoms with Crippen LogP contribution in [0.2, 0.25) is 0 Å². The number of halogens is 1. The van der Waals surface area contributed by atoms with Crippen molar-refractivity contribution in [1.29, 1.82) is 0 Å². The smallest absolute Gasteiger partial charge is 0.260 e. The van der Waals surface area contributed by atoms with E-state index >= 15 is 0 Å². The number of nitrogens with two attached hydrogens (primary N) is 1. The number of ether oxygens (including phenoxy) is 2. The van der Waals surface area contributed by atoms with Gasteiger partial charge in [-0.3, -0.25) is 4.79 Å². The Balaban J connectivity index is 1.64. The zero-order valence-electron chi connectivity index (χ0n) is 15.0. The van der Waals surface area contributed by atoms with Gasteiger partial charge in [0, 0.05) is 18.2 Å². The molecule has 5 rings (SSSR count). The summed E-state index contributed by atoms with van der Waals surface area (Å²) in [6, 6.07) is 4.72. The molecule has 2 fully saturated rings.